The van der Waals surface area contributed by atoms with E-state index in [1.807, 2.05) is 42.7 Å². The van der Waals surface area contributed by atoms with Gasteiger partial charge < -0.3 is 13.7 Å². The van der Waals surface area contributed by atoms with Gasteiger partial charge in [-0.25, -0.2) is 0 Å². The molecule has 0 saturated heterocycles. The first-order valence-corrected chi connectivity index (χ1v) is 8.49. The number of rotatable bonds is 7. The zero-order valence-electron chi connectivity index (χ0n) is 13.8. The van der Waals surface area contributed by atoms with Crippen LogP contribution in [0.5, 0.6) is 0 Å². The minimum absolute atomic E-state index is 0.0257. The van der Waals surface area contributed by atoms with Crippen LogP contribution in [0.4, 0.5) is 0 Å². The van der Waals surface area contributed by atoms with Gasteiger partial charge in [0.1, 0.15) is 6.33 Å². The van der Waals surface area contributed by atoms with Crippen LogP contribution in [0.15, 0.2) is 40.2 Å². The van der Waals surface area contributed by atoms with Gasteiger partial charge in [0, 0.05) is 19.2 Å². The number of aryl methyl sites for hydroxylation is 1. The van der Waals surface area contributed by atoms with Crippen LogP contribution in [0.25, 0.3) is 11.5 Å². The molecule has 0 aliphatic heterocycles. The van der Waals surface area contributed by atoms with E-state index in [-0.39, 0.29) is 5.25 Å². The molecular weight excluding hydrogens is 326 g/mol. The fourth-order valence-corrected chi connectivity index (χ4v) is 2.98. The molecule has 24 heavy (non-hydrogen) atoms. The first kappa shape index (κ1) is 16.7. The van der Waals surface area contributed by atoms with E-state index in [2.05, 4.69) is 20.4 Å². The number of aromatic nitrogens is 5. The van der Waals surface area contributed by atoms with Crippen molar-refractivity contribution in [1.82, 2.24) is 25.0 Å². The molecule has 0 radical (unpaired) electrons. The number of benzene rings is 1. The standard InChI is InChI=1S/C16H19N5O2S/c1-11-4-6-13(7-5-11)15-19-18-14(23-15)12(2)24-16-20-17-10-21(16)8-9-22-3/h4-7,10,12H,8-9H2,1-3H3. The van der Waals surface area contributed by atoms with Crippen LogP contribution in [-0.2, 0) is 11.3 Å². The number of thioether (sulfide) groups is 1. The maximum absolute atomic E-state index is 5.82. The average Bonchev–Trinajstić information content (AvgIpc) is 3.23. The van der Waals surface area contributed by atoms with Gasteiger partial charge in [0.05, 0.1) is 11.9 Å². The summed E-state index contributed by atoms with van der Waals surface area (Å²) in [5.74, 6) is 1.09. The Kier molecular flexibility index (Phi) is 5.27. The van der Waals surface area contributed by atoms with E-state index in [0.717, 1.165) is 10.7 Å². The van der Waals surface area contributed by atoms with Gasteiger partial charge in [-0.2, -0.15) is 0 Å². The summed E-state index contributed by atoms with van der Waals surface area (Å²) in [6, 6.07) is 8.00. The third kappa shape index (κ3) is 3.82. The zero-order valence-corrected chi connectivity index (χ0v) is 14.7. The molecule has 0 saturated carbocycles. The molecule has 0 aliphatic rings. The lowest BCUT2D eigenvalue weighted by atomic mass is 10.1. The molecule has 0 fully saturated rings. The predicted molar refractivity (Wildman–Crippen MR) is 90.6 cm³/mol. The topological polar surface area (TPSA) is 78.9 Å². The highest BCUT2D eigenvalue weighted by Gasteiger charge is 2.19. The summed E-state index contributed by atoms with van der Waals surface area (Å²) >= 11 is 1.53. The fraction of sp³-hybridized carbons (Fsp3) is 0.375. The van der Waals surface area contributed by atoms with Crippen molar-refractivity contribution in [1.29, 1.82) is 0 Å². The number of nitrogens with zero attached hydrogens (tertiary/aromatic N) is 5. The summed E-state index contributed by atoms with van der Waals surface area (Å²) in [6.45, 7) is 5.36. The second kappa shape index (κ2) is 7.59. The molecular formula is C16H19N5O2S. The van der Waals surface area contributed by atoms with Crippen LogP contribution < -0.4 is 0 Å². The molecule has 1 atom stereocenters. The SMILES string of the molecule is COCCn1cnnc1SC(C)c1nnc(-c2ccc(C)cc2)o1. The average molecular weight is 345 g/mol. The van der Waals surface area contributed by atoms with E-state index in [4.69, 9.17) is 9.15 Å². The van der Waals surface area contributed by atoms with Crippen molar-refractivity contribution >= 4 is 11.8 Å². The van der Waals surface area contributed by atoms with E-state index in [0.29, 0.717) is 24.9 Å². The summed E-state index contributed by atoms with van der Waals surface area (Å²) in [7, 11) is 1.67. The largest absolute Gasteiger partial charge is 0.419 e. The van der Waals surface area contributed by atoms with Gasteiger partial charge >= 0.3 is 0 Å². The summed E-state index contributed by atoms with van der Waals surface area (Å²) in [6.07, 6.45) is 1.69. The minimum atomic E-state index is -0.0257. The van der Waals surface area contributed by atoms with Gasteiger partial charge in [-0.15, -0.1) is 20.4 Å². The summed E-state index contributed by atoms with van der Waals surface area (Å²) in [5, 5.41) is 17.2. The maximum Gasteiger partial charge on any atom is 0.247 e. The van der Waals surface area contributed by atoms with Crippen LogP contribution in [0, 0.1) is 6.92 Å². The van der Waals surface area contributed by atoms with Gasteiger partial charge in [0.15, 0.2) is 5.16 Å². The Morgan fingerprint density at radius 2 is 2.00 bits per heavy atom. The fourth-order valence-electron chi connectivity index (χ4n) is 2.10. The molecule has 0 bridgehead atoms. The smallest absolute Gasteiger partial charge is 0.247 e. The van der Waals surface area contributed by atoms with Crippen molar-refractivity contribution in [3.8, 4) is 11.5 Å². The molecule has 2 aromatic heterocycles. The lowest BCUT2D eigenvalue weighted by Crippen LogP contribution is -2.05. The number of ether oxygens (including phenoxy) is 1. The molecule has 1 unspecified atom stereocenters. The number of hydrogen-bond acceptors (Lipinski definition) is 7. The number of hydrogen-bond donors (Lipinski definition) is 0. The van der Waals surface area contributed by atoms with Crippen molar-refractivity contribution in [2.45, 2.75) is 30.8 Å². The zero-order chi connectivity index (χ0) is 16.9. The highest BCUT2D eigenvalue weighted by molar-refractivity contribution is 7.99. The van der Waals surface area contributed by atoms with Crippen LogP contribution in [0.2, 0.25) is 0 Å². The molecule has 3 rings (SSSR count). The van der Waals surface area contributed by atoms with E-state index in [1.165, 1.54) is 17.3 Å². The molecule has 0 aliphatic carbocycles. The Hall–Kier alpha value is -2.19. The summed E-state index contributed by atoms with van der Waals surface area (Å²) in [4.78, 5) is 0. The number of methoxy groups -OCH3 is 1. The van der Waals surface area contributed by atoms with Crippen molar-refractivity contribution in [2.24, 2.45) is 0 Å². The van der Waals surface area contributed by atoms with Crippen LogP contribution in [0.3, 0.4) is 0 Å². The monoisotopic (exact) mass is 345 g/mol. The highest BCUT2D eigenvalue weighted by Crippen LogP contribution is 2.33. The molecule has 3 aromatic rings. The van der Waals surface area contributed by atoms with Gasteiger partial charge in [-0.1, -0.05) is 29.5 Å². The Bertz CT molecular complexity index is 784. The van der Waals surface area contributed by atoms with Crippen LogP contribution in [0.1, 0.15) is 23.6 Å². The Morgan fingerprint density at radius 3 is 2.75 bits per heavy atom. The van der Waals surface area contributed by atoms with Gasteiger partial charge in [0.25, 0.3) is 0 Å². The van der Waals surface area contributed by atoms with Gasteiger partial charge in [-0.3, -0.25) is 0 Å². The third-order valence-corrected chi connectivity index (χ3v) is 4.57. The van der Waals surface area contributed by atoms with Crippen LogP contribution in [-0.4, -0.2) is 38.7 Å². The van der Waals surface area contributed by atoms with E-state index < -0.39 is 0 Å². The van der Waals surface area contributed by atoms with Crippen molar-refractivity contribution in [3.63, 3.8) is 0 Å². The molecule has 126 valence electrons. The Morgan fingerprint density at radius 1 is 1.21 bits per heavy atom. The second-order valence-electron chi connectivity index (χ2n) is 5.37. The minimum Gasteiger partial charge on any atom is -0.419 e. The maximum atomic E-state index is 5.82. The highest BCUT2D eigenvalue weighted by atomic mass is 32.2. The van der Waals surface area contributed by atoms with Crippen LogP contribution >= 0.6 is 11.8 Å². The predicted octanol–water partition coefficient (Wildman–Crippen LogP) is 3.14. The molecule has 0 spiro atoms. The first-order chi connectivity index (χ1) is 11.7. The molecule has 2 heterocycles. The van der Waals surface area contributed by atoms with Crippen molar-refractivity contribution in [2.75, 3.05) is 13.7 Å². The Labute approximate surface area is 144 Å². The van der Waals surface area contributed by atoms with E-state index in [9.17, 15) is 0 Å². The molecule has 0 amide bonds. The van der Waals surface area contributed by atoms with Gasteiger partial charge in [-0.05, 0) is 26.0 Å². The van der Waals surface area contributed by atoms with E-state index in [1.54, 1.807) is 13.4 Å². The molecule has 8 heteroatoms. The lowest BCUT2D eigenvalue weighted by Gasteiger charge is -2.08. The van der Waals surface area contributed by atoms with Crippen molar-refractivity contribution < 1.29 is 9.15 Å². The Balaban J connectivity index is 1.71. The normalized spacial score (nSPS) is 12.5. The quantitative estimate of drug-likeness (QED) is 0.609. The molecule has 1 aromatic carbocycles. The summed E-state index contributed by atoms with van der Waals surface area (Å²) < 4.78 is 12.9. The van der Waals surface area contributed by atoms with E-state index >= 15 is 0 Å². The molecule has 7 nitrogen and oxygen atoms in total. The van der Waals surface area contributed by atoms with Gasteiger partial charge in [0.2, 0.25) is 11.8 Å². The molecule has 0 N–H and O–H groups in total. The third-order valence-electron chi connectivity index (χ3n) is 3.49. The summed E-state index contributed by atoms with van der Waals surface area (Å²) in [5.41, 5.74) is 2.11. The second-order valence-corrected chi connectivity index (χ2v) is 6.68. The lowest BCUT2D eigenvalue weighted by molar-refractivity contribution is 0.184. The van der Waals surface area contributed by atoms with Crippen molar-refractivity contribution in [3.05, 3.63) is 42.0 Å². The first-order valence-electron chi connectivity index (χ1n) is 7.61.